The van der Waals surface area contributed by atoms with E-state index in [2.05, 4.69) is 27.5 Å². The molecule has 1 atom stereocenters. The number of aliphatic imine (C=N–C) groups is 1. The van der Waals surface area contributed by atoms with E-state index in [9.17, 15) is 4.79 Å². The van der Waals surface area contributed by atoms with E-state index in [-0.39, 0.29) is 5.91 Å². The fourth-order valence-electron chi connectivity index (χ4n) is 1.97. The molecule has 2 rings (SSSR count). The Kier molecular flexibility index (Phi) is 4.51. The Hall–Kier alpha value is -1.89. The lowest BCUT2D eigenvalue weighted by molar-refractivity contribution is -0.120. The standard InChI is InChI=1S/C12H19N5O2/c1-3-5-17-8-13-7-9(17)10-11(18)16-12(15-10)14-4-6-19-2/h7-8,10H,3-6H2,1-2H3,(H2,14,15,16,18). The van der Waals surface area contributed by atoms with Gasteiger partial charge in [-0.1, -0.05) is 6.92 Å². The van der Waals surface area contributed by atoms with Crippen LogP contribution in [0.3, 0.4) is 0 Å². The van der Waals surface area contributed by atoms with Crippen LogP contribution in [0, 0.1) is 0 Å². The average molecular weight is 265 g/mol. The SMILES string of the molecule is CCCn1cncc1C1NC(=NCCOC)NC1=O. The van der Waals surface area contributed by atoms with Gasteiger partial charge in [0.2, 0.25) is 0 Å². The van der Waals surface area contributed by atoms with Gasteiger partial charge >= 0.3 is 0 Å². The van der Waals surface area contributed by atoms with Gasteiger partial charge in [-0.2, -0.15) is 0 Å². The van der Waals surface area contributed by atoms with Gasteiger partial charge in [0.1, 0.15) is 0 Å². The molecule has 2 N–H and O–H groups in total. The number of carbonyl (C=O) groups is 1. The molecule has 104 valence electrons. The molecule has 1 saturated heterocycles. The zero-order chi connectivity index (χ0) is 13.7. The smallest absolute Gasteiger partial charge is 0.255 e. The second kappa shape index (κ2) is 6.33. The topological polar surface area (TPSA) is 80.5 Å². The van der Waals surface area contributed by atoms with Crippen molar-refractivity contribution in [2.45, 2.75) is 25.9 Å². The number of amides is 1. The molecular weight excluding hydrogens is 246 g/mol. The van der Waals surface area contributed by atoms with Crippen molar-refractivity contribution in [3.63, 3.8) is 0 Å². The molecule has 1 aliphatic rings. The van der Waals surface area contributed by atoms with Crippen molar-refractivity contribution in [1.29, 1.82) is 0 Å². The van der Waals surface area contributed by atoms with Crippen molar-refractivity contribution in [3.05, 3.63) is 18.2 Å². The maximum Gasteiger partial charge on any atom is 0.255 e. The van der Waals surface area contributed by atoms with Crippen LogP contribution in [0.15, 0.2) is 17.5 Å². The van der Waals surface area contributed by atoms with Crippen molar-refractivity contribution in [1.82, 2.24) is 20.2 Å². The van der Waals surface area contributed by atoms with Gasteiger partial charge in [0.05, 0.1) is 31.4 Å². The van der Waals surface area contributed by atoms with Crippen molar-refractivity contribution in [3.8, 4) is 0 Å². The van der Waals surface area contributed by atoms with Gasteiger partial charge in [-0.05, 0) is 6.42 Å². The van der Waals surface area contributed by atoms with Crippen molar-refractivity contribution >= 4 is 11.9 Å². The van der Waals surface area contributed by atoms with Gasteiger partial charge in [-0.15, -0.1) is 0 Å². The molecule has 7 nitrogen and oxygen atoms in total. The maximum atomic E-state index is 11.9. The van der Waals surface area contributed by atoms with Crippen molar-refractivity contribution in [2.75, 3.05) is 20.3 Å². The van der Waals surface area contributed by atoms with Crippen LogP contribution in [0.1, 0.15) is 25.1 Å². The molecule has 1 aromatic heterocycles. The van der Waals surface area contributed by atoms with Gasteiger partial charge < -0.3 is 14.6 Å². The summed E-state index contributed by atoms with van der Waals surface area (Å²) in [7, 11) is 1.62. The lowest BCUT2D eigenvalue weighted by atomic mass is 10.2. The van der Waals surface area contributed by atoms with E-state index in [1.54, 1.807) is 19.6 Å². The first-order valence-electron chi connectivity index (χ1n) is 6.37. The number of guanidine groups is 1. The number of carbonyl (C=O) groups excluding carboxylic acids is 1. The summed E-state index contributed by atoms with van der Waals surface area (Å²) in [6, 6.07) is -0.421. The van der Waals surface area contributed by atoms with Crippen molar-refractivity contribution < 1.29 is 9.53 Å². The molecular formula is C12H19N5O2. The number of aryl methyl sites for hydroxylation is 1. The molecule has 0 aliphatic carbocycles. The van der Waals surface area contributed by atoms with Crippen LogP contribution in [-0.4, -0.2) is 41.7 Å². The van der Waals surface area contributed by atoms with E-state index in [0.717, 1.165) is 18.7 Å². The van der Waals surface area contributed by atoms with Gasteiger partial charge in [0.25, 0.3) is 5.91 Å². The molecule has 0 bridgehead atoms. The van der Waals surface area contributed by atoms with E-state index in [0.29, 0.717) is 19.1 Å². The Morgan fingerprint density at radius 2 is 2.42 bits per heavy atom. The van der Waals surface area contributed by atoms with E-state index < -0.39 is 6.04 Å². The fourth-order valence-corrected chi connectivity index (χ4v) is 1.97. The normalized spacial score (nSPS) is 20.6. The van der Waals surface area contributed by atoms with Crippen LogP contribution in [0.25, 0.3) is 0 Å². The number of methoxy groups -OCH3 is 1. The van der Waals surface area contributed by atoms with Gasteiger partial charge in [-0.3, -0.25) is 15.1 Å². The Balaban J connectivity index is 2.07. The summed E-state index contributed by atoms with van der Waals surface area (Å²) in [6.07, 6.45) is 4.45. The highest BCUT2D eigenvalue weighted by Crippen LogP contribution is 2.16. The minimum Gasteiger partial charge on any atom is -0.383 e. The van der Waals surface area contributed by atoms with Crippen LogP contribution in [0.4, 0.5) is 0 Å². The Morgan fingerprint density at radius 1 is 1.58 bits per heavy atom. The molecule has 0 radical (unpaired) electrons. The van der Waals surface area contributed by atoms with E-state index in [1.165, 1.54) is 0 Å². The lowest BCUT2D eigenvalue weighted by Gasteiger charge is -2.11. The number of nitrogens with one attached hydrogen (secondary N) is 2. The number of ether oxygens (including phenoxy) is 1. The minimum atomic E-state index is -0.421. The summed E-state index contributed by atoms with van der Waals surface area (Å²) in [4.78, 5) is 20.3. The predicted molar refractivity (Wildman–Crippen MR) is 70.7 cm³/mol. The third-order valence-electron chi connectivity index (χ3n) is 2.85. The molecule has 0 spiro atoms. The first-order chi connectivity index (χ1) is 9.26. The number of nitrogens with zero attached hydrogens (tertiary/aromatic N) is 3. The second-order valence-corrected chi connectivity index (χ2v) is 4.30. The zero-order valence-corrected chi connectivity index (χ0v) is 11.2. The number of hydrogen-bond acceptors (Lipinski definition) is 4. The summed E-state index contributed by atoms with van der Waals surface area (Å²) in [6.45, 7) is 3.97. The third kappa shape index (κ3) is 3.11. The summed E-state index contributed by atoms with van der Waals surface area (Å²) in [5.74, 6) is 0.394. The highest BCUT2D eigenvalue weighted by Gasteiger charge is 2.31. The fraction of sp³-hybridized carbons (Fsp3) is 0.583. The Morgan fingerprint density at radius 3 is 3.16 bits per heavy atom. The predicted octanol–water partition coefficient (Wildman–Crippen LogP) is 0.0560. The first kappa shape index (κ1) is 13.5. The van der Waals surface area contributed by atoms with Gasteiger partial charge in [0.15, 0.2) is 12.0 Å². The molecule has 0 aromatic carbocycles. The summed E-state index contributed by atoms with van der Waals surface area (Å²) < 4.78 is 6.90. The summed E-state index contributed by atoms with van der Waals surface area (Å²) in [5, 5.41) is 5.80. The monoisotopic (exact) mass is 265 g/mol. The van der Waals surface area contributed by atoms with Crippen LogP contribution in [0.5, 0.6) is 0 Å². The second-order valence-electron chi connectivity index (χ2n) is 4.30. The molecule has 1 unspecified atom stereocenters. The summed E-state index contributed by atoms with van der Waals surface area (Å²) >= 11 is 0. The number of aromatic nitrogens is 2. The molecule has 19 heavy (non-hydrogen) atoms. The van der Waals surface area contributed by atoms with Gasteiger partial charge in [0, 0.05) is 13.7 Å². The molecule has 2 heterocycles. The van der Waals surface area contributed by atoms with E-state index >= 15 is 0 Å². The highest BCUT2D eigenvalue weighted by atomic mass is 16.5. The largest absolute Gasteiger partial charge is 0.383 e. The third-order valence-corrected chi connectivity index (χ3v) is 2.85. The number of imidazole rings is 1. The van der Waals surface area contributed by atoms with Crippen LogP contribution in [-0.2, 0) is 16.1 Å². The van der Waals surface area contributed by atoms with Gasteiger partial charge in [-0.25, -0.2) is 4.98 Å². The Labute approximate surface area is 112 Å². The molecule has 7 heteroatoms. The summed E-state index contributed by atoms with van der Waals surface area (Å²) in [5.41, 5.74) is 0.858. The molecule has 1 fully saturated rings. The maximum absolute atomic E-state index is 11.9. The van der Waals surface area contributed by atoms with E-state index in [4.69, 9.17) is 4.74 Å². The van der Waals surface area contributed by atoms with Crippen LogP contribution >= 0.6 is 0 Å². The molecule has 1 aromatic rings. The lowest BCUT2D eigenvalue weighted by Crippen LogP contribution is -2.26. The molecule has 1 aliphatic heterocycles. The molecule has 1 amide bonds. The zero-order valence-electron chi connectivity index (χ0n) is 11.2. The first-order valence-corrected chi connectivity index (χ1v) is 6.37. The highest BCUT2D eigenvalue weighted by molar-refractivity contribution is 6.06. The molecule has 0 saturated carbocycles. The van der Waals surface area contributed by atoms with E-state index in [1.807, 2.05) is 4.57 Å². The Bertz CT molecular complexity index is 468. The van der Waals surface area contributed by atoms with Crippen LogP contribution < -0.4 is 10.6 Å². The number of rotatable bonds is 6. The number of hydrogen-bond donors (Lipinski definition) is 2. The quantitative estimate of drug-likeness (QED) is 0.713. The minimum absolute atomic E-state index is 0.103. The van der Waals surface area contributed by atoms with Crippen molar-refractivity contribution in [2.24, 2.45) is 4.99 Å². The average Bonchev–Trinajstić information content (AvgIpc) is 2.97. The van der Waals surface area contributed by atoms with Crippen LogP contribution in [0.2, 0.25) is 0 Å².